The number of nitrogens with zero attached hydrogens (tertiary/aromatic N) is 2. The highest BCUT2D eigenvalue weighted by molar-refractivity contribution is 6.33. The number of halogens is 1. The molecule has 0 saturated heterocycles. The van der Waals surface area contributed by atoms with Gasteiger partial charge in [0.25, 0.3) is 0 Å². The van der Waals surface area contributed by atoms with Gasteiger partial charge in [0.1, 0.15) is 0 Å². The molecule has 1 aliphatic rings. The topological polar surface area (TPSA) is 75.1 Å². The average Bonchev–Trinajstić information content (AvgIpc) is 2.78. The zero-order valence-corrected chi connectivity index (χ0v) is 17.3. The quantitative estimate of drug-likeness (QED) is 0.528. The lowest BCUT2D eigenvalue weighted by Gasteiger charge is -2.26. The van der Waals surface area contributed by atoms with Crippen LogP contribution in [0.4, 0.5) is 5.95 Å². The van der Waals surface area contributed by atoms with Crippen LogP contribution in [0.25, 0.3) is 22.5 Å². The van der Waals surface area contributed by atoms with Crippen molar-refractivity contribution in [3.05, 3.63) is 65.7 Å². The van der Waals surface area contributed by atoms with E-state index in [0.717, 1.165) is 54.7 Å². The Balaban J connectivity index is 1.57. The first kappa shape index (κ1) is 20.4. The zero-order chi connectivity index (χ0) is 20.9. The summed E-state index contributed by atoms with van der Waals surface area (Å²) < 4.78 is 0. The Morgan fingerprint density at radius 3 is 2.33 bits per heavy atom. The van der Waals surface area contributed by atoms with Gasteiger partial charge < -0.3 is 10.4 Å². The summed E-state index contributed by atoms with van der Waals surface area (Å²) in [6, 6.07) is 19.6. The Labute approximate surface area is 181 Å². The molecule has 1 fully saturated rings. The first-order valence-electron chi connectivity index (χ1n) is 10.3. The lowest BCUT2D eigenvalue weighted by Crippen LogP contribution is -2.25. The van der Waals surface area contributed by atoms with E-state index in [9.17, 15) is 9.90 Å². The molecule has 0 radical (unpaired) electrons. The summed E-state index contributed by atoms with van der Waals surface area (Å²) in [5.41, 5.74) is 3.48. The van der Waals surface area contributed by atoms with Crippen molar-refractivity contribution in [3.63, 3.8) is 0 Å². The van der Waals surface area contributed by atoms with Crippen LogP contribution in [0.15, 0.2) is 60.7 Å². The molecule has 0 unspecified atom stereocenters. The summed E-state index contributed by atoms with van der Waals surface area (Å²) in [5.74, 6) is 0.107. The second-order valence-corrected chi connectivity index (χ2v) is 8.15. The van der Waals surface area contributed by atoms with Crippen LogP contribution in [0.3, 0.4) is 0 Å². The van der Waals surface area contributed by atoms with Crippen LogP contribution in [0.1, 0.15) is 25.7 Å². The van der Waals surface area contributed by atoms with Gasteiger partial charge in [-0.3, -0.25) is 4.79 Å². The van der Waals surface area contributed by atoms with Gasteiger partial charge in [0.05, 0.1) is 17.3 Å². The van der Waals surface area contributed by atoms with Gasteiger partial charge >= 0.3 is 5.97 Å². The number of anilines is 1. The third kappa shape index (κ3) is 4.79. The number of carboxylic acid groups (broad SMARTS) is 1. The highest BCUT2D eigenvalue weighted by atomic mass is 35.5. The lowest BCUT2D eigenvalue weighted by molar-refractivity contribution is -0.143. The number of nitrogens with one attached hydrogen (secondary N) is 1. The lowest BCUT2D eigenvalue weighted by atomic mass is 9.82. The summed E-state index contributed by atoms with van der Waals surface area (Å²) in [4.78, 5) is 20.6. The van der Waals surface area contributed by atoms with E-state index in [1.807, 2.05) is 60.7 Å². The number of aliphatic carboxylic acids is 1. The molecule has 154 valence electrons. The van der Waals surface area contributed by atoms with Crippen molar-refractivity contribution in [3.8, 4) is 22.5 Å². The Morgan fingerprint density at radius 1 is 0.967 bits per heavy atom. The average molecular weight is 422 g/mol. The molecule has 6 heteroatoms. The predicted molar refractivity (Wildman–Crippen MR) is 119 cm³/mol. The Morgan fingerprint density at radius 2 is 1.63 bits per heavy atom. The molecule has 3 aromatic rings. The third-order valence-corrected chi connectivity index (χ3v) is 6.02. The van der Waals surface area contributed by atoms with Crippen LogP contribution < -0.4 is 5.32 Å². The smallest absolute Gasteiger partial charge is 0.306 e. The van der Waals surface area contributed by atoms with Crippen LogP contribution in [0.5, 0.6) is 0 Å². The van der Waals surface area contributed by atoms with Crippen LogP contribution in [-0.2, 0) is 4.79 Å². The van der Waals surface area contributed by atoms with Gasteiger partial charge in [0, 0.05) is 22.7 Å². The second kappa shape index (κ2) is 9.26. The molecule has 0 bridgehead atoms. The number of carboxylic acids is 1. The van der Waals surface area contributed by atoms with Crippen molar-refractivity contribution in [1.82, 2.24) is 9.97 Å². The summed E-state index contributed by atoms with van der Waals surface area (Å²) in [5, 5.41) is 13.2. The molecule has 1 aliphatic carbocycles. The third-order valence-electron chi connectivity index (χ3n) is 5.69. The minimum Gasteiger partial charge on any atom is -0.481 e. The summed E-state index contributed by atoms with van der Waals surface area (Å²) in [6.07, 6.45) is 3.27. The highest BCUT2D eigenvalue weighted by Gasteiger charge is 2.25. The number of aromatic nitrogens is 2. The van der Waals surface area contributed by atoms with Crippen LogP contribution in [-0.4, -0.2) is 27.6 Å². The Hall–Kier alpha value is -2.92. The molecule has 0 spiro atoms. The first-order valence-corrected chi connectivity index (χ1v) is 10.6. The van der Waals surface area contributed by atoms with Gasteiger partial charge in [0.2, 0.25) is 5.95 Å². The molecule has 0 atom stereocenters. The maximum Gasteiger partial charge on any atom is 0.306 e. The maximum absolute atomic E-state index is 11.2. The predicted octanol–water partition coefficient (Wildman–Crippen LogP) is 5.77. The molecule has 30 heavy (non-hydrogen) atoms. The van der Waals surface area contributed by atoms with Crippen molar-refractivity contribution in [2.24, 2.45) is 11.8 Å². The van der Waals surface area contributed by atoms with E-state index >= 15 is 0 Å². The molecular formula is C24H24ClN3O2. The van der Waals surface area contributed by atoms with Crippen molar-refractivity contribution >= 4 is 23.5 Å². The molecule has 1 aromatic heterocycles. The van der Waals surface area contributed by atoms with E-state index in [-0.39, 0.29) is 5.92 Å². The summed E-state index contributed by atoms with van der Waals surface area (Å²) in [6.45, 7) is 0.729. The van der Waals surface area contributed by atoms with Crippen molar-refractivity contribution < 1.29 is 9.90 Å². The number of hydrogen-bond donors (Lipinski definition) is 2. The van der Waals surface area contributed by atoms with E-state index in [0.29, 0.717) is 16.9 Å². The normalized spacial score (nSPS) is 18.7. The Bertz CT molecular complexity index is 1020. The van der Waals surface area contributed by atoms with Crippen molar-refractivity contribution in [2.45, 2.75) is 25.7 Å². The van der Waals surface area contributed by atoms with Gasteiger partial charge in [0.15, 0.2) is 0 Å². The zero-order valence-electron chi connectivity index (χ0n) is 16.6. The van der Waals surface area contributed by atoms with Crippen molar-refractivity contribution in [1.29, 1.82) is 0 Å². The van der Waals surface area contributed by atoms with Gasteiger partial charge in [-0.05, 0) is 43.7 Å². The van der Waals surface area contributed by atoms with Crippen LogP contribution >= 0.6 is 11.6 Å². The highest BCUT2D eigenvalue weighted by Crippen LogP contribution is 2.31. The molecule has 1 saturated carbocycles. The SMILES string of the molecule is O=C(O)C1CCC(CNc2nc(-c3ccccc3)cc(-c3ccccc3Cl)n2)CC1. The van der Waals surface area contributed by atoms with Gasteiger partial charge in [-0.25, -0.2) is 9.97 Å². The molecule has 5 nitrogen and oxygen atoms in total. The number of rotatable bonds is 6. The summed E-state index contributed by atoms with van der Waals surface area (Å²) in [7, 11) is 0. The largest absolute Gasteiger partial charge is 0.481 e. The fourth-order valence-electron chi connectivity index (χ4n) is 3.94. The van der Waals surface area contributed by atoms with Gasteiger partial charge in [-0.1, -0.05) is 60.1 Å². The van der Waals surface area contributed by atoms with E-state index < -0.39 is 5.97 Å². The van der Waals surface area contributed by atoms with E-state index in [4.69, 9.17) is 21.6 Å². The van der Waals surface area contributed by atoms with E-state index in [1.54, 1.807) is 0 Å². The molecule has 0 amide bonds. The molecule has 0 aliphatic heterocycles. The monoisotopic (exact) mass is 421 g/mol. The van der Waals surface area contributed by atoms with Gasteiger partial charge in [-0.2, -0.15) is 0 Å². The fourth-order valence-corrected chi connectivity index (χ4v) is 4.17. The van der Waals surface area contributed by atoms with Crippen LogP contribution in [0, 0.1) is 11.8 Å². The number of carbonyl (C=O) groups is 1. The molecule has 1 heterocycles. The van der Waals surface area contributed by atoms with Crippen LogP contribution in [0.2, 0.25) is 5.02 Å². The minimum atomic E-state index is -0.676. The molecule has 2 aromatic carbocycles. The van der Waals surface area contributed by atoms with Gasteiger partial charge in [-0.15, -0.1) is 0 Å². The van der Waals surface area contributed by atoms with E-state index in [1.165, 1.54) is 0 Å². The molecular weight excluding hydrogens is 398 g/mol. The Kier molecular flexibility index (Phi) is 6.29. The van der Waals surface area contributed by atoms with E-state index in [2.05, 4.69) is 5.32 Å². The fraction of sp³-hybridized carbons (Fsp3) is 0.292. The summed E-state index contributed by atoms with van der Waals surface area (Å²) >= 11 is 6.42. The molecule has 2 N–H and O–H groups in total. The number of hydrogen-bond acceptors (Lipinski definition) is 4. The molecule has 4 rings (SSSR count). The minimum absolute atomic E-state index is 0.203. The standard InChI is InChI=1S/C24H24ClN3O2/c25-20-9-5-4-8-19(20)22-14-21(17-6-2-1-3-7-17)27-24(28-22)26-15-16-10-12-18(13-11-16)23(29)30/h1-9,14,16,18H,10-13,15H2,(H,29,30)(H,26,27,28). The van der Waals surface area contributed by atoms with Crippen molar-refractivity contribution in [2.75, 3.05) is 11.9 Å². The number of benzene rings is 2. The maximum atomic E-state index is 11.2. The first-order chi connectivity index (χ1) is 14.6. The second-order valence-electron chi connectivity index (χ2n) is 7.74.